The van der Waals surface area contributed by atoms with Crippen LogP contribution in [0.5, 0.6) is 0 Å². The van der Waals surface area contributed by atoms with Gasteiger partial charge in [-0.2, -0.15) is 0 Å². The average molecular weight is 328 g/mol. The minimum atomic E-state index is -0.401. The van der Waals surface area contributed by atoms with Gasteiger partial charge < -0.3 is 14.8 Å². The van der Waals surface area contributed by atoms with E-state index in [1.54, 1.807) is 42.4 Å². The number of nitrogens with one attached hydrogen (secondary N) is 1. The summed E-state index contributed by atoms with van der Waals surface area (Å²) in [5, 5.41) is 13.7. The van der Waals surface area contributed by atoms with E-state index in [1.807, 2.05) is 0 Å². The zero-order valence-electron chi connectivity index (χ0n) is 13.1. The number of fused-ring (bicyclic) bond motifs is 1. The van der Waals surface area contributed by atoms with Crippen molar-refractivity contribution in [2.75, 3.05) is 11.9 Å². The van der Waals surface area contributed by atoms with Crippen LogP contribution in [0.3, 0.4) is 0 Å². The van der Waals surface area contributed by atoms with Gasteiger partial charge in [-0.05, 0) is 24.1 Å². The Morgan fingerprint density at radius 3 is 2.83 bits per heavy atom. The molecule has 0 saturated heterocycles. The summed E-state index contributed by atoms with van der Waals surface area (Å²) in [5.41, 5.74) is 1.42. The van der Waals surface area contributed by atoms with Crippen LogP contribution in [0.2, 0.25) is 0 Å². The predicted octanol–water partition coefficient (Wildman–Crippen LogP) is 1.88. The average Bonchev–Trinajstić information content (AvgIpc) is 2.57. The van der Waals surface area contributed by atoms with Crippen molar-refractivity contribution < 1.29 is 9.72 Å². The lowest BCUT2D eigenvalue weighted by atomic mass is 9.98. The number of rotatable bonds is 2. The van der Waals surface area contributed by atoms with Crippen molar-refractivity contribution in [1.29, 1.82) is 0 Å². The lowest BCUT2D eigenvalue weighted by Crippen LogP contribution is -2.40. The number of nitro groups is 1. The summed E-state index contributed by atoms with van der Waals surface area (Å²) in [6.45, 7) is 0.632. The molecule has 3 rings (SSSR count). The second-order valence-corrected chi connectivity index (χ2v) is 5.61. The lowest BCUT2D eigenvalue weighted by Gasteiger charge is -2.28. The summed E-state index contributed by atoms with van der Waals surface area (Å²) < 4.78 is 1.38. The fraction of sp³-hybridized carbons (Fsp3) is 0.250. The number of carbonyl (C=O) groups is 1. The van der Waals surface area contributed by atoms with Gasteiger partial charge in [-0.15, -0.1) is 0 Å². The molecule has 2 heterocycles. The second kappa shape index (κ2) is 6.15. The number of hydrogen-bond acceptors (Lipinski definition) is 4. The summed E-state index contributed by atoms with van der Waals surface area (Å²) in [5.74, 6) is 0. The van der Waals surface area contributed by atoms with Crippen LogP contribution in [0.4, 0.5) is 16.2 Å². The second-order valence-electron chi connectivity index (χ2n) is 5.61. The molecule has 1 aromatic heterocycles. The Bertz CT molecular complexity index is 875. The monoisotopic (exact) mass is 328 g/mol. The number of nitro benzene ring substituents is 1. The Balaban J connectivity index is 1.79. The molecule has 1 N–H and O–H groups in total. The van der Waals surface area contributed by atoms with Crippen LogP contribution in [0, 0.1) is 10.1 Å². The number of carbonyl (C=O) groups excluding carboxylic acids is 1. The van der Waals surface area contributed by atoms with Crippen molar-refractivity contribution in [1.82, 2.24) is 9.47 Å². The number of nitrogens with zero attached hydrogens (tertiary/aromatic N) is 3. The molecular formula is C16H16N4O4. The van der Waals surface area contributed by atoms with E-state index in [-0.39, 0.29) is 23.5 Å². The standard InChI is InChI=1S/C16H16N4O4/c1-18-8-3-5-13(15(18)21)17-16(22)19-9-7-12-11(10-19)4-2-6-14(12)20(23)24/h2-6,8H,7,9-10H2,1H3,(H,17,22). The molecule has 124 valence electrons. The SMILES string of the molecule is Cn1cccc(NC(=O)N2CCc3c(cccc3[N+](=O)[O-])C2)c1=O. The van der Waals surface area contributed by atoms with Crippen LogP contribution in [0.15, 0.2) is 41.3 Å². The first-order chi connectivity index (χ1) is 11.5. The summed E-state index contributed by atoms with van der Waals surface area (Å²) in [7, 11) is 1.61. The maximum absolute atomic E-state index is 12.4. The zero-order chi connectivity index (χ0) is 17.3. The minimum absolute atomic E-state index is 0.0875. The van der Waals surface area contributed by atoms with E-state index in [0.29, 0.717) is 18.5 Å². The Kier molecular flexibility index (Phi) is 4.03. The number of anilines is 1. The molecule has 0 atom stereocenters. The molecule has 8 heteroatoms. The van der Waals surface area contributed by atoms with Crippen molar-refractivity contribution in [2.24, 2.45) is 7.05 Å². The smallest absolute Gasteiger partial charge is 0.320 e. The number of pyridine rings is 1. The molecule has 2 amide bonds. The third-order valence-electron chi connectivity index (χ3n) is 4.09. The normalized spacial score (nSPS) is 13.3. The molecule has 24 heavy (non-hydrogen) atoms. The van der Waals surface area contributed by atoms with Crippen molar-refractivity contribution >= 4 is 17.4 Å². The van der Waals surface area contributed by atoms with E-state index < -0.39 is 11.0 Å². The molecule has 0 unspecified atom stereocenters. The van der Waals surface area contributed by atoms with Crippen LogP contribution in [0.1, 0.15) is 11.1 Å². The van der Waals surface area contributed by atoms with Gasteiger partial charge in [0, 0.05) is 38.0 Å². The summed E-state index contributed by atoms with van der Waals surface area (Å²) in [4.78, 5) is 36.6. The molecule has 1 aliphatic rings. The Hall–Kier alpha value is -3.16. The Morgan fingerprint density at radius 2 is 2.08 bits per heavy atom. The quantitative estimate of drug-likeness (QED) is 0.672. The first-order valence-electron chi connectivity index (χ1n) is 7.44. The van der Waals surface area contributed by atoms with Gasteiger partial charge in [0.1, 0.15) is 5.69 Å². The van der Waals surface area contributed by atoms with Crippen LogP contribution < -0.4 is 10.9 Å². The van der Waals surface area contributed by atoms with Gasteiger partial charge >= 0.3 is 6.03 Å². The molecule has 1 aliphatic heterocycles. The van der Waals surface area contributed by atoms with E-state index in [4.69, 9.17) is 0 Å². The summed E-state index contributed by atoms with van der Waals surface area (Å²) in [6.07, 6.45) is 2.01. The topological polar surface area (TPSA) is 97.5 Å². The first kappa shape index (κ1) is 15.7. The molecule has 2 aromatic rings. The van der Waals surface area contributed by atoms with Gasteiger partial charge in [0.15, 0.2) is 0 Å². The number of aromatic nitrogens is 1. The molecule has 0 fully saturated rings. The van der Waals surface area contributed by atoms with Crippen molar-refractivity contribution in [3.63, 3.8) is 0 Å². The highest BCUT2D eigenvalue weighted by molar-refractivity contribution is 5.89. The van der Waals surface area contributed by atoms with E-state index in [2.05, 4.69) is 5.32 Å². The molecular weight excluding hydrogens is 312 g/mol. The molecule has 0 radical (unpaired) electrons. The molecule has 1 aromatic carbocycles. The number of amides is 2. The first-order valence-corrected chi connectivity index (χ1v) is 7.44. The highest BCUT2D eigenvalue weighted by Crippen LogP contribution is 2.27. The zero-order valence-corrected chi connectivity index (χ0v) is 13.1. The molecule has 0 saturated carbocycles. The number of aryl methyl sites for hydroxylation is 1. The van der Waals surface area contributed by atoms with Crippen molar-refractivity contribution in [2.45, 2.75) is 13.0 Å². The highest BCUT2D eigenvalue weighted by atomic mass is 16.6. The molecule has 8 nitrogen and oxygen atoms in total. The number of benzene rings is 1. The largest absolute Gasteiger partial charge is 0.322 e. The third kappa shape index (κ3) is 2.85. The van der Waals surface area contributed by atoms with Gasteiger partial charge in [-0.1, -0.05) is 12.1 Å². The van der Waals surface area contributed by atoms with Gasteiger partial charge in [0.05, 0.1) is 4.92 Å². The predicted molar refractivity (Wildman–Crippen MR) is 87.9 cm³/mol. The van der Waals surface area contributed by atoms with Gasteiger partial charge in [0.2, 0.25) is 0 Å². The van der Waals surface area contributed by atoms with Crippen molar-refractivity contribution in [3.8, 4) is 0 Å². The molecule has 0 aliphatic carbocycles. The highest BCUT2D eigenvalue weighted by Gasteiger charge is 2.26. The van der Waals surface area contributed by atoms with Crippen LogP contribution in [0.25, 0.3) is 0 Å². The van der Waals surface area contributed by atoms with E-state index in [0.717, 1.165) is 5.56 Å². The van der Waals surface area contributed by atoms with E-state index in [1.165, 1.54) is 10.6 Å². The lowest BCUT2D eigenvalue weighted by molar-refractivity contribution is -0.385. The summed E-state index contributed by atoms with van der Waals surface area (Å²) in [6, 6.07) is 7.70. The minimum Gasteiger partial charge on any atom is -0.320 e. The molecule has 0 bridgehead atoms. The van der Waals surface area contributed by atoms with E-state index >= 15 is 0 Å². The van der Waals surface area contributed by atoms with E-state index in [9.17, 15) is 19.7 Å². The fourth-order valence-corrected chi connectivity index (χ4v) is 2.82. The summed E-state index contributed by atoms with van der Waals surface area (Å²) >= 11 is 0. The Labute approximate surface area is 137 Å². The maximum atomic E-state index is 12.4. The van der Waals surface area contributed by atoms with Gasteiger partial charge in [-0.3, -0.25) is 14.9 Å². The fourth-order valence-electron chi connectivity index (χ4n) is 2.82. The number of hydrogen-bond donors (Lipinski definition) is 1. The van der Waals surface area contributed by atoms with Gasteiger partial charge in [-0.25, -0.2) is 4.79 Å². The third-order valence-corrected chi connectivity index (χ3v) is 4.09. The maximum Gasteiger partial charge on any atom is 0.322 e. The molecule has 0 spiro atoms. The van der Waals surface area contributed by atoms with Crippen LogP contribution in [-0.2, 0) is 20.0 Å². The number of urea groups is 1. The van der Waals surface area contributed by atoms with Crippen molar-refractivity contribution in [3.05, 3.63) is 68.1 Å². The Morgan fingerprint density at radius 1 is 1.29 bits per heavy atom. The van der Waals surface area contributed by atoms with Gasteiger partial charge in [0.25, 0.3) is 11.2 Å². The van der Waals surface area contributed by atoms with Crippen LogP contribution in [-0.4, -0.2) is 27.0 Å². The van der Waals surface area contributed by atoms with Crippen LogP contribution >= 0.6 is 0 Å².